The summed E-state index contributed by atoms with van der Waals surface area (Å²) < 4.78 is 18.0. The fourth-order valence-electron chi connectivity index (χ4n) is 2.46. The van der Waals surface area contributed by atoms with Crippen LogP contribution in [0.15, 0.2) is 41.1 Å². The number of pyridine rings is 1. The van der Waals surface area contributed by atoms with Crippen LogP contribution in [0.5, 0.6) is 0 Å². The van der Waals surface area contributed by atoms with E-state index in [1.54, 1.807) is 18.2 Å². The Morgan fingerprint density at radius 2 is 2.04 bits per heavy atom. The van der Waals surface area contributed by atoms with Gasteiger partial charge in [-0.1, -0.05) is 31.1 Å². The largest absolute Gasteiger partial charge is 0.352 e. The van der Waals surface area contributed by atoms with Crippen LogP contribution in [-0.4, -0.2) is 22.6 Å². The highest BCUT2D eigenvalue weighted by Crippen LogP contribution is 2.23. The molecular formula is C18H18FN3O2. The van der Waals surface area contributed by atoms with Gasteiger partial charge < -0.3 is 9.84 Å². The second kappa shape index (κ2) is 6.78. The molecule has 3 rings (SSSR count). The molecule has 0 aliphatic rings. The minimum absolute atomic E-state index is 0.185. The van der Waals surface area contributed by atoms with Gasteiger partial charge in [-0.15, -0.1) is 0 Å². The predicted octanol–water partition coefficient (Wildman–Crippen LogP) is 3.46. The van der Waals surface area contributed by atoms with Gasteiger partial charge in [0.05, 0.1) is 16.6 Å². The highest BCUT2D eigenvalue weighted by atomic mass is 19.1. The summed E-state index contributed by atoms with van der Waals surface area (Å²) in [6.45, 7) is 4.47. The van der Waals surface area contributed by atoms with Crippen LogP contribution in [0.1, 0.15) is 41.4 Å². The molecule has 0 unspecified atom stereocenters. The number of hydrogen-bond acceptors (Lipinski definition) is 4. The Labute approximate surface area is 138 Å². The molecule has 2 aromatic heterocycles. The van der Waals surface area contributed by atoms with Gasteiger partial charge in [0.15, 0.2) is 0 Å². The maximum Gasteiger partial charge on any atom is 0.257 e. The number of fused-ring (bicyclic) bond motifs is 1. The highest BCUT2D eigenvalue weighted by Gasteiger charge is 2.15. The summed E-state index contributed by atoms with van der Waals surface area (Å²) >= 11 is 0. The molecule has 1 N–H and O–H groups in total. The lowest BCUT2D eigenvalue weighted by Gasteiger charge is -2.06. The normalized spacial score (nSPS) is 11.2. The average Bonchev–Trinajstić information content (AvgIpc) is 3.00. The van der Waals surface area contributed by atoms with E-state index in [1.165, 1.54) is 18.3 Å². The van der Waals surface area contributed by atoms with Crippen molar-refractivity contribution >= 4 is 17.0 Å². The molecule has 0 atom stereocenters. The maximum absolute atomic E-state index is 12.9. The third kappa shape index (κ3) is 3.42. The third-order valence-electron chi connectivity index (χ3n) is 3.78. The molecule has 0 saturated carbocycles. The smallest absolute Gasteiger partial charge is 0.257 e. The van der Waals surface area contributed by atoms with E-state index in [0.29, 0.717) is 24.2 Å². The molecule has 0 radical (unpaired) electrons. The van der Waals surface area contributed by atoms with Gasteiger partial charge in [0.2, 0.25) is 0 Å². The topological polar surface area (TPSA) is 68.0 Å². The highest BCUT2D eigenvalue weighted by molar-refractivity contribution is 5.97. The van der Waals surface area contributed by atoms with Crippen LogP contribution in [0.3, 0.4) is 0 Å². The van der Waals surface area contributed by atoms with Gasteiger partial charge >= 0.3 is 0 Å². The number of amides is 1. The summed E-state index contributed by atoms with van der Waals surface area (Å²) in [6.07, 6.45) is 2.11. The third-order valence-corrected chi connectivity index (χ3v) is 3.78. The van der Waals surface area contributed by atoms with E-state index in [4.69, 9.17) is 4.52 Å². The van der Waals surface area contributed by atoms with Gasteiger partial charge in [0.1, 0.15) is 5.82 Å². The number of nitrogens with zero attached hydrogens (tertiary/aromatic N) is 2. The van der Waals surface area contributed by atoms with Crippen molar-refractivity contribution in [3.05, 3.63) is 59.2 Å². The van der Waals surface area contributed by atoms with Crippen molar-refractivity contribution in [1.29, 1.82) is 0 Å². The summed E-state index contributed by atoms with van der Waals surface area (Å²) in [5, 5.41) is 7.61. The molecule has 5 nitrogen and oxygen atoms in total. The molecule has 0 bridgehead atoms. The van der Waals surface area contributed by atoms with Gasteiger partial charge in [-0.25, -0.2) is 9.37 Å². The van der Waals surface area contributed by atoms with Crippen LogP contribution < -0.4 is 5.32 Å². The number of rotatable bonds is 5. The van der Waals surface area contributed by atoms with E-state index in [0.717, 1.165) is 16.6 Å². The zero-order valence-electron chi connectivity index (χ0n) is 13.5. The minimum atomic E-state index is -0.267. The zero-order chi connectivity index (χ0) is 17.1. The van der Waals surface area contributed by atoms with Crippen LogP contribution in [0, 0.1) is 5.82 Å². The van der Waals surface area contributed by atoms with Crippen molar-refractivity contribution in [1.82, 2.24) is 15.5 Å². The van der Waals surface area contributed by atoms with E-state index >= 15 is 0 Å². The summed E-state index contributed by atoms with van der Waals surface area (Å²) in [5.41, 5.74) is 2.65. The van der Waals surface area contributed by atoms with E-state index < -0.39 is 0 Å². The number of benzene rings is 1. The first-order chi connectivity index (χ1) is 11.5. The molecule has 0 aliphatic carbocycles. The van der Waals surface area contributed by atoms with Crippen molar-refractivity contribution in [3.63, 3.8) is 0 Å². The number of halogens is 1. The molecule has 1 aromatic carbocycles. The molecule has 1 amide bonds. The lowest BCUT2D eigenvalue weighted by molar-refractivity contribution is 0.0954. The lowest BCUT2D eigenvalue weighted by atomic mass is 10.1. The molecule has 0 fully saturated rings. The van der Waals surface area contributed by atoms with Gasteiger partial charge in [-0.05, 0) is 36.1 Å². The Morgan fingerprint density at radius 1 is 1.29 bits per heavy atom. The van der Waals surface area contributed by atoms with E-state index in [9.17, 15) is 9.18 Å². The fourth-order valence-corrected chi connectivity index (χ4v) is 2.46. The quantitative estimate of drug-likeness (QED) is 0.779. The van der Waals surface area contributed by atoms with E-state index in [2.05, 4.69) is 15.5 Å². The number of nitrogens with one attached hydrogen (secondary N) is 1. The first kappa shape index (κ1) is 16.1. The SMILES string of the molecule is CC(C)c1noc2ncc(C(=O)NCCc3ccc(F)cc3)cc12. The van der Waals surface area contributed by atoms with Gasteiger partial charge in [-0.3, -0.25) is 4.79 Å². The first-order valence-electron chi connectivity index (χ1n) is 7.82. The molecule has 2 heterocycles. The standard InChI is InChI=1S/C18H18FN3O2/c1-11(2)16-15-9-13(10-21-18(15)24-22-16)17(23)20-8-7-12-3-5-14(19)6-4-12/h3-6,9-11H,7-8H2,1-2H3,(H,20,23). The molecule has 0 aliphatic heterocycles. The number of hydrogen-bond donors (Lipinski definition) is 1. The molecule has 3 aromatic rings. The summed E-state index contributed by atoms with van der Waals surface area (Å²) in [6, 6.07) is 7.99. The van der Waals surface area contributed by atoms with Gasteiger partial charge in [0, 0.05) is 12.7 Å². The number of aromatic nitrogens is 2. The second-order valence-electron chi connectivity index (χ2n) is 5.93. The molecular weight excluding hydrogens is 309 g/mol. The molecule has 24 heavy (non-hydrogen) atoms. The van der Waals surface area contributed by atoms with Crippen LogP contribution >= 0.6 is 0 Å². The van der Waals surface area contributed by atoms with Crippen LogP contribution in [-0.2, 0) is 6.42 Å². The van der Waals surface area contributed by atoms with Gasteiger partial charge in [0.25, 0.3) is 11.6 Å². The summed E-state index contributed by atoms with van der Waals surface area (Å²) in [7, 11) is 0. The van der Waals surface area contributed by atoms with Crippen LogP contribution in [0.4, 0.5) is 4.39 Å². The average molecular weight is 327 g/mol. The first-order valence-corrected chi connectivity index (χ1v) is 7.82. The minimum Gasteiger partial charge on any atom is -0.352 e. The maximum atomic E-state index is 12.9. The fraction of sp³-hybridized carbons (Fsp3) is 0.278. The number of carbonyl (C=O) groups excluding carboxylic acids is 1. The Hall–Kier alpha value is -2.76. The zero-order valence-corrected chi connectivity index (χ0v) is 13.5. The van der Waals surface area contributed by atoms with E-state index in [1.807, 2.05) is 13.8 Å². The monoisotopic (exact) mass is 327 g/mol. The Kier molecular flexibility index (Phi) is 4.55. The molecule has 0 saturated heterocycles. The Morgan fingerprint density at radius 3 is 2.75 bits per heavy atom. The van der Waals surface area contributed by atoms with Crippen molar-refractivity contribution in [2.75, 3.05) is 6.54 Å². The molecule has 124 valence electrons. The van der Waals surface area contributed by atoms with Gasteiger partial charge in [-0.2, -0.15) is 0 Å². The van der Waals surface area contributed by atoms with Crippen molar-refractivity contribution in [3.8, 4) is 0 Å². The summed E-state index contributed by atoms with van der Waals surface area (Å²) in [5.74, 6) is -0.288. The van der Waals surface area contributed by atoms with Crippen molar-refractivity contribution in [2.24, 2.45) is 0 Å². The van der Waals surface area contributed by atoms with Crippen molar-refractivity contribution < 1.29 is 13.7 Å². The molecule has 6 heteroatoms. The second-order valence-corrected chi connectivity index (χ2v) is 5.93. The van der Waals surface area contributed by atoms with Crippen LogP contribution in [0.2, 0.25) is 0 Å². The van der Waals surface area contributed by atoms with Crippen molar-refractivity contribution in [2.45, 2.75) is 26.2 Å². The Balaban J connectivity index is 1.67. The summed E-state index contributed by atoms with van der Waals surface area (Å²) in [4.78, 5) is 16.4. The number of carbonyl (C=O) groups is 1. The predicted molar refractivity (Wildman–Crippen MR) is 88.3 cm³/mol. The lowest BCUT2D eigenvalue weighted by Crippen LogP contribution is -2.25. The van der Waals surface area contributed by atoms with Crippen LogP contribution in [0.25, 0.3) is 11.1 Å². The Bertz CT molecular complexity index is 856. The molecule has 0 spiro atoms. The van der Waals surface area contributed by atoms with E-state index in [-0.39, 0.29) is 17.6 Å².